The summed E-state index contributed by atoms with van der Waals surface area (Å²) in [7, 11) is 0. The molecule has 0 radical (unpaired) electrons. The maximum absolute atomic E-state index is 12.4. The summed E-state index contributed by atoms with van der Waals surface area (Å²) in [4.78, 5) is 14.5. The molecule has 1 N–H and O–H groups in total. The van der Waals surface area contributed by atoms with Crippen LogP contribution in [0.5, 0.6) is 0 Å². The Morgan fingerprint density at radius 3 is 2.61 bits per heavy atom. The Labute approximate surface area is 128 Å². The first kappa shape index (κ1) is 16.5. The Morgan fingerprint density at radius 2 is 2.04 bits per heavy atom. The highest BCUT2D eigenvalue weighted by atomic mass is 19.4. The van der Waals surface area contributed by atoms with Crippen LogP contribution in [0, 0.1) is 0 Å². The Hall–Kier alpha value is -2.84. The molecule has 122 valence electrons. The van der Waals surface area contributed by atoms with Crippen molar-refractivity contribution < 1.29 is 27.2 Å². The van der Waals surface area contributed by atoms with Gasteiger partial charge in [-0.2, -0.15) is 18.2 Å². The van der Waals surface area contributed by atoms with E-state index in [9.17, 15) is 18.0 Å². The highest BCUT2D eigenvalue weighted by Gasteiger charge is 2.38. The number of amides is 1. The fraction of sp³-hybridized carbons (Fsp3) is 0.214. The van der Waals surface area contributed by atoms with Crippen LogP contribution in [0.2, 0.25) is 0 Å². The second-order valence-electron chi connectivity index (χ2n) is 4.36. The molecule has 0 aliphatic rings. The SMILES string of the molecule is C=CCOC(=O)NCc1ccc(-c2noc(C(F)(F)F)n2)cc1. The summed E-state index contributed by atoms with van der Waals surface area (Å²) in [5.41, 5.74) is 1.09. The van der Waals surface area contributed by atoms with Crippen LogP contribution >= 0.6 is 0 Å². The molecule has 9 heteroatoms. The highest BCUT2D eigenvalue weighted by molar-refractivity contribution is 5.67. The number of carbonyl (C=O) groups is 1. The van der Waals surface area contributed by atoms with Gasteiger partial charge in [0.25, 0.3) is 0 Å². The van der Waals surface area contributed by atoms with E-state index in [1.807, 2.05) is 0 Å². The zero-order chi connectivity index (χ0) is 16.9. The first-order valence-electron chi connectivity index (χ1n) is 6.42. The molecular formula is C14H12F3N3O3. The lowest BCUT2D eigenvalue weighted by Gasteiger charge is -2.05. The van der Waals surface area contributed by atoms with Gasteiger partial charge >= 0.3 is 18.2 Å². The monoisotopic (exact) mass is 327 g/mol. The first-order chi connectivity index (χ1) is 10.9. The van der Waals surface area contributed by atoms with E-state index in [4.69, 9.17) is 4.74 Å². The molecule has 6 nitrogen and oxygen atoms in total. The van der Waals surface area contributed by atoms with Gasteiger partial charge in [-0.05, 0) is 5.56 Å². The zero-order valence-electron chi connectivity index (χ0n) is 11.8. The van der Waals surface area contributed by atoms with E-state index in [0.717, 1.165) is 5.56 Å². The van der Waals surface area contributed by atoms with Crippen LogP contribution in [0.15, 0.2) is 41.4 Å². The molecule has 0 aliphatic heterocycles. The molecule has 1 heterocycles. The number of alkyl halides is 3. The third-order valence-electron chi connectivity index (χ3n) is 2.65. The molecule has 1 aromatic carbocycles. The average Bonchev–Trinajstić information content (AvgIpc) is 3.01. The molecule has 0 atom stereocenters. The maximum atomic E-state index is 12.4. The number of carbonyl (C=O) groups excluding carboxylic acids is 1. The van der Waals surface area contributed by atoms with Crippen molar-refractivity contribution in [1.82, 2.24) is 15.5 Å². The number of rotatable bonds is 5. The average molecular weight is 327 g/mol. The van der Waals surface area contributed by atoms with Crippen molar-refractivity contribution in [2.24, 2.45) is 0 Å². The second-order valence-corrected chi connectivity index (χ2v) is 4.36. The zero-order valence-corrected chi connectivity index (χ0v) is 11.8. The minimum Gasteiger partial charge on any atom is -0.445 e. The molecule has 23 heavy (non-hydrogen) atoms. The predicted molar refractivity (Wildman–Crippen MR) is 73.1 cm³/mol. The van der Waals surface area contributed by atoms with Gasteiger partial charge in [-0.1, -0.05) is 42.1 Å². The van der Waals surface area contributed by atoms with E-state index in [1.165, 1.54) is 18.2 Å². The van der Waals surface area contributed by atoms with Crippen LogP contribution in [-0.4, -0.2) is 22.8 Å². The largest absolute Gasteiger partial charge is 0.471 e. The smallest absolute Gasteiger partial charge is 0.445 e. The van der Waals surface area contributed by atoms with Crippen molar-refractivity contribution in [1.29, 1.82) is 0 Å². The number of halogens is 3. The third-order valence-corrected chi connectivity index (χ3v) is 2.65. The van der Waals surface area contributed by atoms with Crippen LogP contribution in [0.3, 0.4) is 0 Å². The fourth-order valence-electron chi connectivity index (χ4n) is 1.59. The number of hydrogen-bond acceptors (Lipinski definition) is 5. The third kappa shape index (κ3) is 4.56. The fourth-order valence-corrected chi connectivity index (χ4v) is 1.59. The van der Waals surface area contributed by atoms with Crippen LogP contribution in [0.1, 0.15) is 11.5 Å². The molecule has 0 saturated carbocycles. The van der Waals surface area contributed by atoms with E-state index in [-0.39, 0.29) is 19.0 Å². The Kier molecular flexibility index (Phi) is 4.99. The quantitative estimate of drug-likeness (QED) is 0.854. The van der Waals surface area contributed by atoms with Gasteiger partial charge in [-0.3, -0.25) is 0 Å². The van der Waals surface area contributed by atoms with Gasteiger partial charge in [0.05, 0.1) is 0 Å². The Balaban J connectivity index is 1.98. The number of nitrogens with zero attached hydrogens (tertiary/aromatic N) is 2. The molecule has 1 amide bonds. The Morgan fingerprint density at radius 1 is 1.35 bits per heavy atom. The molecule has 2 rings (SSSR count). The van der Waals surface area contributed by atoms with Gasteiger partial charge in [-0.15, -0.1) is 0 Å². The summed E-state index contributed by atoms with van der Waals surface area (Å²) in [6, 6.07) is 6.29. The van der Waals surface area contributed by atoms with Crippen molar-refractivity contribution in [2.75, 3.05) is 6.61 Å². The standard InChI is InChI=1S/C14H12F3N3O3/c1-2-7-22-13(21)18-8-9-3-5-10(6-4-9)11-19-12(23-20-11)14(15,16)17/h2-6H,1,7-8H2,(H,18,21). The van der Waals surface area contributed by atoms with Crippen LogP contribution < -0.4 is 5.32 Å². The number of benzene rings is 1. The van der Waals surface area contributed by atoms with E-state index < -0.39 is 18.2 Å². The molecular weight excluding hydrogens is 315 g/mol. The number of alkyl carbamates (subject to hydrolysis) is 1. The molecule has 2 aromatic rings. The van der Waals surface area contributed by atoms with Crippen molar-refractivity contribution >= 4 is 6.09 Å². The number of hydrogen-bond donors (Lipinski definition) is 1. The molecule has 0 saturated heterocycles. The van der Waals surface area contributed by atoms with Gasteiger partial charge in [0, 0.05) is 12.1 Å². The van der Waals surface area contributed by atoms with E-state index in [2.05, 4.69) is 26.6 Å². The van der Waals surface area contributed by atoms with Gasteiger partial charge in [0.2, 0.25) is 5.82 Å². The van der Waals surface area contributed by atoms with Crippen LogP contribution in [0.4, 0.5) is 18.0 Å². The van der Waals surface area contributed by atoms with E-state index >= 15 is 0 Å². The summed E-state index contributed by atoms with van der Waals surface area (Å²) in [6.45, 7) is 3.72. The normalized spacial score (nSPS) is 11.1. The topological polar surface area (TPSA) is 77.2 Å². The van der Waals surface area contributed by atoms with Gasteiger partial charge in [-0.25, -0.2) is 4.79 Å². The van der Waals surface area contributed by atoms with E-state index in [0.29, 0.717) is 5.56 Å². The van der Waals surface area contributed by atoms with Crippen molar-refractivity contribution in [2.45, 2.75) is 12.7 Å². The van der Waals surface area contributed by atoms with E-state index in [1.54, 1.807) is 12.1 Å². The number of ether oxygens (including phenoxy) is 1. The summed E-state index contributed by atoms with van der Waals surface area (Å²) >= 11 is 0. The predicted octanol–water partition coefficient (Wildman–Crippen LogP) is 3.17. The lowest BCUT2D eigenvalue weighted by Crippen LogP contribution is -2.23. The summed E-state index contributed by atoms with van der Waals surface area (Å²) in [6.07, 6.45) is -3.84. The van der Waals surface area contributed by atoms with Crippen LogP contribution in [-0.2, 0) is 17.5 Å². The van der Waals surface area contributed by atoms with Crippen LogP contribution in [0.25, 0.3) is 11.4 Å². The molecule has 0 fully saturated rings. The van der Waals surface area contributed by atoms with Crippen molar-refractivity contribution in [3.8, 4) is 11.4 Å². The summed E-state index contributed by atoms with van der Waals surface area (Å²) in [5.74, 6) is -1.56. The van der Waals surface area contributed by atoms with Crippen molar-refractivity contribution in [3.63, 3.8) is 0 Å². The molecule has 0 aliphatic carbocycles. The summed E-state index contributed by atoms with van der Waals surface area (Å²) < 4.78 is 46.1. The minimum atomic E-state index is -4.68. The van der Waals surface area contributed by atoms with Gasteiger partial charge in [0.15, 0.2) is 0 Å². The minimum absolute atomic E-state index is 0.101. The first-order valence-corrected chi connectivity index (χ1v) is 6.42. The number of aromatic nitrogens is 2. The Bertz CT molecular complexity index is 681. The second kappa shape index (κ2) is 6.95. The summed E-state index contributed by atoms with van der Waals surface area (Å²) in [5, 5.41) is 5.79. The highest BCUT2D eigenvalue weighted by Crippen LogP contribution is 2.29. The molecule has 0 bridgehead atoms. The molecule has 1 aromatic heterocycles. The molecule has 0 spiro atoms. The van der Waals surface area contributed by atoms with Gasteiger partial charge in [0.1, 0.15) is 6.61 Å². The number of nitrogens with one attached hydrogen (secondary N) is 1. The lowest BCUT2D eigenvalue weighted by molar-refractivity contribution is -0.159. The van der Waals surface area contributed by atoms with Gasteiger partial charge < -0.3 is 14.6 Å². The maximum Gasteiger partial charge on any atom is 0.471 e. The lowest BCUT2D eigenvalue weighted by atomic mass is 10.1. The van der Waals surface area contributed by atoms with Crippen molar-refractivity contribution in [3.05, 3.63) is 48.4 Å². The molecule has 0 unspecified atom stereocenters.